The van der Waals surface area contributed by atoms with E-state index in [1.807, 2.05) is 0 Å². The molecule has 0 radical (unpaired) electrons. The first-order valence-corrected chi connectivity index (χ1v) is 11.3. The number of amides is 1. The van der Waals surface area contributed by atoms with Crippen LogP contribution >= 0.6 is 11.6 Å². The van der Waals surface area contributed by atoms with Gasteiger partial charge in [-0.1, -0.05) is 11.6 Å². The van der Waals surface area contributed by atoms with E-state index >= 15 is 0 Å². The maximum atomic E-state index is 13.2. The summed E-state index contributed by atoms with van der Waals surface area (Å²) in [5, 5.41) is 19.3. The number of rotatable bonds is 6. The Kier molecular flexibility index (Phi) is 6.75. The van der Waals surface area contributed by atoms with Gasteiger partial charge in [0, 0.05) is 23.4 Å². The average molecular weight is 482 g/mol. The van der Waals surface area contributed by atoms with E-state index in [0.717, 1.165) is 18.2 Å². The molecule has 2 aromatic rings. The highest BCUT2D eigenvalue weighted by atomic mass is 35.5. The van der Waals surface area contributed by atoms with Crippen LogP contribution < -0.4 is 4.74 Å². The van der Waals surface area contributed by atoms with Crippen molar-refractivity contribution >= 4 is 39.3 Å². The van der Waals surface area contributed by atoms with Gasteiger partial charge in [0.1, 0.15) is 17.1 Å². The first kappa shape index (κ1) is 23.6. The molecule has 0 aromatic heterocycles. The van der Waals surface area contributed by atoms with E-state index in [1.54, 1.807) is 18.2 Å². The Morgan fingerprint density at radius 3 is 2.56 bits per heavy atom. The Hall–Kier alpha value is -3.11. The van der Waals surface area contributed by atoms with E-state index in [4.69, 9.17) is 21.4 Å². The van der Waals surface area contributed by atoms with E-state index in [2.05, 4.69) is 0 Å². The minimum Gasteiger partial charge on any atom is -0.507 e. The van der Waals surface area contributed by atoms with Crippen LogP contribution in [-0.2, 0) is 26.0 Å². The zero-order valence-corrected chi connectivity index (χ0v) is 18.5. The second-order valence-corrected chi connectivity index (χ2v) is 9.57. The third kappa shape index (κ3) is 4.71. The van der Waals surface area contributed by atoms with Crippen LogP contribution in [0.2, 0.25) is 5.02 Å². The quantitative estimate of drug-likeness (QED) is 0.641. The number of halogens is 1. The lowest BCUT2D eigenvalue weighted by atomic mass is 9.93. The van der Waals surface area contributed by atoms with Gasteiger partial charge in [-0.3, -0.25) is 9.59 Å². The highest BCUT2D eigenvalue weighted by Gasteiger charge is 2.38. The molecule has 1 amide bonds. The summed E-state index contributed by atoms with van der Waals surface area (Å²) in [5.41, 5.74) is 0.0987. The van der Waals surface area contributed by atoms with Crippen LogP contribution in [0.25, 0.3) is 0 Å². The zero-order chi connectivity index (χ0) is 23.6. The van der Waals surface area contributed by atoms with Gasteiger partial charge in [0.2, 0.25) is 5.91 Å². The number of benzene rings is 2. The van der Waals surface area contributed by atoms with E-state index in [9.17, 15) is 27.9 Å². The summed E-state index contributed by atoms with van der Waals surface area (Å²) in [4.78, 5) is 36.1. The number of aromatic carboxylic acids is 1. The number of sulfonamides is 1. The number of carbonyl (C=O) groups excluding carboxylic acids is 2. The van der Waals surface area contributed by atoms with Crippen molar-refractivity contribution in [3.05, 3.63) is 52.5 Å². The number of ketones is 1. The number of hydrogen-bond acceptors (Lipinski definition) is 7. The molecule has 3 rings (SSSR count). The first-order chi connectivity index (χ1) is 15.0. The number of carbonyl (C=O) groups is 3. The third-order valence-corrected chi connectivity index (χ3v) is 7.16. The Morgan fingerprint density at radius 2 is 1.94 bits per heavy atom. The molecule has 0 aliphatic carbocycles. The number of hydrogen-bond donors (Lipinski definition) is 2. The lowest BCUT2D eigenvalue weighted by molar-refractivity contribution is -0.131. The summed E-state index contributed by atoms with van der Waals surface area (Å²) < 4.78 is 32.1. The highest BCUT2D eigenvalue weighted by Crippen LogP contribution is 2.31. The maximum absolute atomic E-state index is 13.2. The van der Waals surface area contributed by atoms with Crippen LogP contribution in [0, 0.1) is 5.92 Å². The summed E-state index contributed by atoms with van der Waals surface area (Å²) in [6.07, 6.45) is 0.252. The molecule has 1 heterocycles. The second-order valence-electron chi connectivity index (χ2n) is 7.27. The molecule has 2 aromatic carbocycles. The Morgan fingerprint density at radius 1 is 1.22 bits per heavy atom. The van der Waals surface area contributed by atoms with Gasteiger partial charge < -0.3 is 14.9 Å². The van der Waals surface area contributed by atoms with E-state index < -0.39 is 56.4 Å². The fraction of sp³-hybridized carbons (Fsp3) is 0.286. The predicted molar refractivity (Wildman–Crippen MR) is 113 cm³/mol. The summed E-state index contributed by atoms with van der Waals surface area (Å²) in [6.45, 7) is -0.647. The fourth-order valence-electron chi connectivity index (χ4n) is 3.52. The number of carboxylic acids is 1. The van der Waals surface area contributed by atoms with Crippen LogP contribution in [0.4, 0.5) is 0 Å². The summed E-state index contributed by atoms with van der Waals surface area (Å²) in [6, 6.07) is 7.50. The first-order valence-electron chi connectivity index (χ1n) is 9.51. The van der Waals surface area contributed by atoms with E-state index in [1.165, 1.54) is 7.11 Å². The molecular weight excluding hydrogens is 462 g/mol. The van der Waals surface area contributed by atoms with Gasteiger partial charge in [0.25, 0.3) is 10.0 Å². The van der Waals surface area contributed by atoms with Gasteiger partial charge in [0.15, 0.2) is 5.78 Å². The second kappa shape index (κ2) is 9.17. The monoisotopic (exact) mass is 481 g/mol. The number of Topliss-reactive ketones (excluding diaryl/α,β-unsaturated/α-hetero) is 1. The van der Waals surface area contributed by atoms with Gasteiger partial charge in [-0.25, -0.2) is 17.5 Å². The smallest absolute Gasteiger partial charge is 0.339 e. The lowest BCUT2D eigenvalue weighted by Crippen LogP contribution is -2.42. The average Bonchev–Trinajstić information content (AvgIpc) is 2.87. The molecule has 1 atom stereocenters. The Bertz CT molecular complexity index is 1190. The van der Waals surface area contributed by atoms with Gasteiger partial charge in [-0.05, 0) is 48.7 Å². The van der Waals surface area contributed by atoms with Crippen LogP contribution in [0.1, 0.15) is 28.8 Å². The molecule has 9 nitrogen and oxygen atoms in total. The number of nitrogens with zero attached hydrogens (tertiary/aromatic N) is 1. The predicted octanol–water partition coefficient (Wildman–Crippen LogP) is 2.49. The van der Waals surface area contributed by atoms with Crippen LogP contribution in [0.15, 0.2) is 41.3 Å². The molecule has 11 heteroatoms. The maximum Gasteiger partial charge on any atom is 0.339 e. The van der Waals surface area contributed by atoms with Crippen molar-refractivity contribution in [3.63, 3.8) is 0 Å². The standard InChI is InChI=1S/C21H20ClNO8S/c1-31-19-7-3-14(22)9-13(19)8-12-2-4-15(24)11-23(20(12)26)32(29,30)16-5-6-17(21(27)28)18(25)10-16/h3,5-7,9-10,12,25H,2,4,8,11H2,1H3,(H,27,28). The minimum absolute atomic E-state index is 0.00844. The molecule has 0 spiro atoms. The van der Waals surface area contributed by atoms with Crippen molar-refractivity contribution in [1.82, 2.24) is 4.31 Å². The van der Waals surface area contributed by atoms with E-state index in [-0.39, 0.29) is 19.3 Å². The summed E-state index contributed by atoms with van der Waals surface area (Å²) in [5.74, 6) is -3.79. The number of carboxylic acid groups (broad SMARTS) is 1. The minimum atomic E-state index is -4.53. The van der Waals surface area contributed by atoms with Gasteiger partial charge >= 0.3 is 5.97 Å². The molecule has 1 saturated heterocycles. The topological polar surface area (TPSA) is 138 Å². The van der Waals surface area contributed by atoms with Gasteiger partial charge in [-0.15, -0.1) is 0 Å². The number of ether oxygens (including phenoxy) is 1. The molecular formula is C21H20ClNO8S. The highest BCUT2D eigenvalue weighted by molar-refractivity contribution is 7.89. The normalized spacial score (nSPS) is 17.2. The summed E-state index contributed by atoms with van der Waals surface area (Å²) >= 11 is 6.05. The van der Waals surface area contributed by atoms with Crippen LogP contribution in [-0.4, -0.2) is 54.3 Å². The number of aromatic hydroxyl groups is 1. The third-order valence-electron chi connectivity index (χ3n) is 5.18. The molecule has 2 N–H and O–H groups in total. The molecule has 170 valence electrons. The van der Waals surface area contributed by atoms with Crippen molar-refractivity contribution in [2.75, 3.05) is 13.7 Å². The lowest BCUT2D eigenvalue weighted by Gasteiger charge is -2.24. The van der Waals surface area contributed by atoms with Crippen molar-refractivity contribution in [1.29, 1.82) is 0 Å². The Balaban J connectivity index is 1.98. The van der Waals surface area contributed by atoms with Gasteiger partial charge in [0.05, 0.1) is 18.6 Å². The zero-order valence-electron chi connectivity index (χ0n) is 16.9. The molecule has 1 unspecified atom stereocenters. The van der Waals surface area contributed by atoms with Crippen molar-refractivity contribution in [3.8, 4) is 11.5 Å². The molecule has 0 saturated carbocycles. The molecule has 0 bridgehead atoms. The largest absolute Gasteiger partial charge is 0.507 e. The molecule has 1 fully saturated rings. The van der Waals surface area contributed by atoms with Gasteiger partial charge in [-0.2, -0.15) is 0 Å². The van der Waals surface area contributed by atoms with Crippen LogP contribution in [0.5, 0.6) is 11.5 Å². The Labute approximate surface area is 189 Å². The summed E-state index contributed by atoms with van der Waals surface area (Å²) in [7, 11) is -3.08. The molecule has 1 aliphatic rings. The molecule has 1 aliphatic heterocycles. The van der Waals surface area contributed by atoms with Crippen molar-refractivity contribution in [2.24, 2.45) is 5.92 Å². The fourth-order valence-corrected chi connectivity index (χ4v) is 5.17. The molecule has 32 heavy (non-hydrogen) atoms. The van der Waals surface area contributed by atoms with E-state index in [0.29, 0.717) is 20.6 Å². The number of methoxy groups -OCH3 is 1. The van der Waals surface area contributed by atoms with Crippen molar-refractivity contribution < 1.29 is 37.8 Å². The number of phenols is 1. The van der Waals surface area contributed by atoms with Crippen molar-refractivity contribution in [2.45, 2.75) is 24.2 Å². The van der Waals surface area contributed by atoms with Crippen LogP contribution in [0.3, 0.4) is 0 Å². The SMILES string of the molecule is COc1ccc(Cl)cc1CC1CCC(=O)CN(S(=O)(=O)c2ccc(C(=O)O)c(O)c2)C1=O.